The molecule has 0 saturated carbocycles. The average molecular weight is 321 g/mol. The number of anilines is 1. The van der Waals surface area contributed by atoms with E-state index in [1.54, 1.807) is 4.90 Å². The number of halogens is 2. The Morgan fingerprint density at radius 1 is 1.22 bits per heavy atom. The van der Waals surface area contributed by atoms with E-state index in [4.69, 9.17) is 0 Å². The Morgan fingerprint density at radius 2 is 2.00 bits per heavy atom. The molecule has 1 aromatic carbocycles. The van der Waals surface area contributed by atoms with Crippen molar-refractivity contribution in [2.45, 2.75) is 12.8 Å². The van der Waals surface area contributed by atoms with Crippen molar-refractivity contribution in [3.8, 4) is 0 Å². The molecule has 1 saturated heterocycles. The van der Waals surface area contributed by atoms with Crippen LogP contribution in [-0.4, -0.2) is 52.2 Å². The Kier molecular flexibility index (Phi) is 4.50. The van der Waals surface area contributed by atoms with Crippen molar-refractivity contribution in [2.75, 3.05) is 31.1 Å². The van der Waals surface area contributed by atoms with Gasteiger partial charge in [-0.05, 0) is 18.1 Å². The number of aryl methyl sites for hydroxylation is 1. The van der Waals surface area contributed by atoms with Crippen LogP contribution >= 0.6 is 0 Å². The second kappa shape index (κ2) is 6.72. The van der Waals surface area contributed by atoms with Crippen LogP contribution in [0.25, 0.3) is 0 Å². The van der Waals surface area contributed by atoms with Gasteiger partial charge in [-0.15, -0.1) is 0 Å². The summed E-state index contributed by atoms with van der Waals surface area (Å²) in [5.74, 6) is -0.537. The first-order valence-corrected chi connectivity index (χ1v) is 7.45. The molecule has 0 atom stereocenters. The second-order valence-electron chi connectivity index (χ2n) is 5.41. The maximum absolute atomic E-state index is 13.6. The number of carbonyl (C=O) groups excluding carboxylic acids is 1. The number of hydrogen-bond acceptors (Lipinski definition) is 4. The standard InChI is InChI=1S/C15H17F2N5O/c16-12-3-1-11(13(17)9-12)2-4-14(23)21-5-7-22(8-6-21)15-18-10-19-20-15/h1,3,9-10H,2,4-8H2,(H,18,19,20). The molecule has 1 fully saturated rings. The quantitative estimate of drug-likeness (QED) is 0.923. The normalized spacial score (nSPS) is 15.0. The fraction of sp³-hybridized carbons (Fsp3) is 0.400. The lowest BCUT2D eigenvalue weighted by atomic mass is 10.1. The molecule has 1 aliphatic rings. The van der Waals surface area contributed by atoms with Crippen molar-refractivity contribution in [1.82, 2.24) is 20.1 Å². The average Bonchev–Trinajstić information content (AvgIpc) is 3.08. The fourth-order valence-corrected chi connectivity index (χ4v) is 2.64. The van der Waals surface area contributed by atoms with Crippen LogP contribution in [0.15, 0.2) is 24.5 Å². The van der Waals surface area contributed by atoms with Crippen LogP contribution in [-0.2, 0) is 11.2 Å². The minimum absolute atomic E-state index is 0.0223. The van der Waals surface area contributed by atoms with Gasteiger partial charge in [0, 0.05) is 38.7 Å². The molecule has 122 valence electrons. The van der Waals surface area contributed by atoms with E-state index in [1.165, 1.54) is 18.5 Å². The SMILES string of the molecule is O=C(CCc1ccc(F)cc1F)N1CCN(c2ncn[nH]2)CC1. The van der Waals surface area contributed by atoms with Gasteiger partial charge in [-0.25, -0.2) is 13.9 Å². The highest BCUT2D eigenvalue weighted by molar-refractivity contribution is 5.76. The molecule has 23 heavy (non-hydrogen) atoms. The molecule has 1 amide bonds. The zero-order valence-corrected chi connectivity index (χ0v) is 12.5. The molecule has 1 aliphatic heterocycles. The van der Waals surface area contributed by atoms with Crippen molar-refractivity contribution in [3.05, 3.63) is 41.7 Å². The molecular weight excluding hydrogens is 304 g/mol. The van der Waals surface area contributed by atoms with Crippen molar-refractivity contribution >= 4 is 11.9 Å². The minimum Gasteiger partial charge on any atom is -0.339 e. The van der Waals surface area contributed by atoms with Crippen LogP contribution in [0.1, 0.15) is 12.0 Å². The zero-order chi connectivity index (χ0) is 16.2. The summed E-state index contributed by atoms with van der Waals surface area (Å²) in [6.07, 6.45) is 1.93. The van der Waals surface area contributed by atoms with Crippen LogP contribution in [0, 0.1) is 11.6 Å². The molecular formula is C15H17F2N5O. The number of benzene rings is 1. The number of H-pyrrole nitrogens is 1. The van der Waals surface area contributed by atoms with Gasteiger partial charge in [-0.2, -0.15) is 10.1 Å². The second-order valence-corrected chi connectivity index (χ2v) is 5.41. The predicted octanol–water partition coefficient (Wildman–Crippen LogP) is 1.36. The Labute approximate surface area is 132 Å². The zero-order valence-electron chi connectivity index (χ0n) is 12.5. The molecule has 2 aromatic rings. The molecule has 1 aromatic heterocycles. The monoisotopic (exact) mass is 321 g/mol. The summed E-state index contributed by atoms with van der Waals surface area (Å²) in [6.45, 7) is 2.52. The Morgan fingerprint density at radius 3 is 2.65 bits per heavy atom. The van der Waals surface area contributed by atoms with Crippen molar-refractivity contribution in [3.63, 3.8) is 0 Å². The first-order valence-electron chi connectivity index (χ1n) is 7.45. The number of aromatic amines is 1. The van der Waals surface area contributed by atoms with E-state index in [-0.39, 0.29) is 18.7 Å². The molecule has 0 aliphatic carbocycles. The third-order valence-corrected chi connectivity index (χ3v) is 3.96. The molecule has 0 radical (unpaired) electrons. The van der Waals surface area contributed by atoms with E-state index in [9.17, 15) is 13.6 Å². The summed E-state index contributed by atoms with van der Waals surface area (Å²) >= 11 is 0. The Hall–Kier alpha value is -2.51. The highest BCUT2D eigenvalue weighted by Gasteiger charge is 2.22. The van der Waals surface area contributed by atoms with Crippen LogP contribution in [0.5, 0.6) is 0 Å². The topological polar surface area (TPSA) is 65.1 Å². The number of carbonyl (C=O) groups is 1. The summed E-state index contributed by atoms with van der Waals surface area (Å²) in [4.78, 5) is 20.1. The van der Waals surface area contributed by atoms with E-state index < -0.39 is 11.6 Å². The fourth-order valence-electron chi connectivity index (χ4n) is 2.64. The molecule has 1 N–H and O–H groups in total. The summed E-state index contributed by atoms with van der Waals surface area (Å²) in [5, 5.41) is 6.61. The Bertz CT molecular complexity index is 669. The van der Waals surface area contributed by atoms with Crippen molar-refractivity contribution < 1.29 is 13.6 Å². The minimum atomic E-state index is -0.610. The Balaban J connectivity index is 1.50. The highest BCUT2D eigenvalue weighted by Crippen LogP contribution is 2.14. The van der Waals surface area contributed by atoms with Gasteiger partial charge in [0.05, 0.1) is 0 Å². The smallest absolute Gasteiger partial charge is 0.223 e. The lowest BCUT2D eigenvalue weighted by Crippen LogP contribution is -2.49. The summed E-state index contributed by atoms with van der Waals surface area (Å²) in [5.41, 5.74) is 0.361. The third-order valence-electron chi connectivity index (χ3n) is 3.96. The van der Waals surface area contributed by atoms with Gasteiger partial charge in [-0.1, -0.05) is 6.07 Å². The molecule has 3 rings (SSSR count). The molecule has 2 heterocycles. The first-order chi connectivity index (χ1) is 11.1. The number of piperazine rings is 1. The highest BCUT2D eigenvalue weighted by atomic mass is 19.1. The van der Waals surface area contributed by atoms with Gasteiger partial charge in [0.15, 0.2) is 0 Å². The van der Waals surface area contributed by atoms with Gasteiger partial charge in [0.1, 0.15) is 18.0 Å². The van der Waals surface area contributed by atoms with Crippen LogP contribution in [0.4, 0.5) is 14.7 Å². The number of aromatic nitrogens is 3. The van der Waals surface area contributed by atoms with Gasteiger partial charge >= 0.3 is 0 Å². The van der Waals surface area contributed by atoms with E-state index in [2.05, 4.69) is 15.2 Å². The van der Waals surface area contributed by atoms with Crippen LogP contribution < -0.4 is 4.90 Å². The van der Waals surface area contributed by atoms with E-state index >= 15 is 0 Å². The van der Waals surface area contributed by atoms with Gasteiger partial charge in [0.2, 0.25) is 11.9 Å². The lowest BCUT2D eigenvalue weighted by molar-refractivity contribution is -0.131. The summed E-state index contributed by atoms with van der Waals surface area (Å²) in [6, 6.07) is 3.44. The largest absolute Gasteiger partial charge is 0.339 e. The number of nitrogens with zero attached hydrogens (tertiary/aromatic N) is 4. The summed E-state index contributed by atoms with van der Waals surface area (Å²) < 4.78 is 26.4. The van der Waals surface area contributed by atoms with E-state index in [0.29, 0.717) is 37.7 Å². The third kappa shape index (κ3) is 3.64. The number of hydrogen-bond donors (Lipinski definition) is 1. The van der Waals surface area contributed by atoms with Gasteiger partial charge < -0.3 is 9.80 Å². The van der Waals surface area contributed by atoms with Crippen molar-refractivity contribution in [1.29, 1.82) is 0 Å². The maximum atomic E-state index is 13.6. The van der Waals surface area contributed by atoms with Gasteiger partial charge in [-0.3, -0.25) is 4.79 Å². The van der Waals surface area contributed by atoms with Crippen LogP contribution in [0.2, 0.25) is 0 Å². The maximum Gasteiger partial charge on any atom is 0.223 e. The lowest BCUT2D eigenvalue weighted by Gasteiger charge is -2.34. The number of rotatable bonds is 4. The van der Waals surface area contributed by atoms with Gasteiger partial charge in [0.25, 0.3) is 0 Å². The molecule has 0 unspecified atom stereocenters. The molecule has 6 nitrogen and oxygen atoms in total. The summed E-state index contributed by atoms with van der Waals surface area (Å²) in [7, 11) is 0. The number of nitrogens with one attached hydrogen (secondary N) is 1. The molecule has 0 bridgehead atoms. The van der Waals surface area contributed by atoms with E-state index in [0.717, 1.165) is 6.07 Å². The number of amides is 1. The first kappa shape index (κ1) is 15.4. The van der Waals surface area contributed by atoms with Crippen molar-refractivity contribution in [2.24, 2.45) is 0 Å². The van der Waals surface area contributed by atoms with Crippen LogP contribution in [0.3, 0.4) is 0 Å². The predicted molar refractivity (Wildman–Crippen MR) is 79.9 cm³/mol. The van der Waals surface area contributed by atoms with E-state index in [1.807, 2.05) is 4.90 Å². The molecule has 0 spiro atoms. The molecule has 8 heteroatoms.